The summed E-state index contributed by atoms with van der Waals surface area (Å²) < 4.78 is 5.08. The van der Waals surface area contributed by atoms with E-state index in [0.717, 1.165) is 0 Å². The second-order valence-electron chi connectivity index (χ2n) is 3.92. The van der Waals surface area contributed by atoms with Crippen molar-refractivity contribution in [1.82, 2.24) is 15.0 Å². The number of methoxy groups -OCH3 is 1. The summed E-state index contributed by atoms with van der Waals surface area (Å²) in [5, 5.41) is 1.17. The SMILES string of the molecule is COc1cnc2cnc3ncc(Cl)cc3c(=O)c2c1. The molecule has 0 aliphatic carbocycles. The molecule has 3 heterocycles. The van der Waals surface area contributed by atoms with Gasteiger partial charge in [0.25, 0.3) is 0 Å². The molecule has 0 spiro atoms. The summed E-state index contributed by atoms with van der Waals surface area (Å²) in [6, 6.07) is 3.19. The van der Waals surface area contributed by atoms with Crippen molar-refractivity contribution in [3.8, 4) is 5.75 Å². The molecule has 0 saturated carbocycles. The smallest absolute Gasteiger partial charge is 0.199 e. The van der Waals surface area contributed by atoms with Crippen molar-refractivity contribution in [3.05, 3.63) is 46.0 Å². The summed E-state index contributed by atoms with van der Waals surface area (Å²) in [4.78, 5) is 24.8. The number of rotatable bonds is 1. The van der Waals surface area contributed by atoms with E-state index in [4.69, 9.17) is 16.3 Å². The fourth-order valence-corrected chi connectivity index (χ4v) is 1.98. The van der Waals surface area contributed by atoms with E-state index >= 15 is 0 Å². The zero-order valence-corrected chi connectivity index (χ0v) is 10.7. The van der Waals surface area contributed by atoms with Gasteiger partial charge in [0.2, 0.25) is 0 Å². The van der Waals surface area contributed by atoms with Crippen molar-refractivity contribution in [2.24, 2.45) is 0 Å². The summed E-state index contributed by atoms with van der Waals surface area (Å²) in [6.07, 6.45) is 4.50. The molecule has 5 nitrogen and oxygen atoms in total. The lowest BCUT2D eigenvalue weighted by atomic mass is 10.2. The summed E-state index contributed by atoms with van der Waals surface area (Å²) in [7, 11) is 1.52. The molecule has 94 valence electrons. The van der Waals surface area contributed by atoms with E-state index in [2.05, 4.69) is 15.0 Å². The number of halogens is 1. The number of hydrogen-bond acceptors (Lipinski definition) is 5. The fraction of sp³-hybridized carbons (Fsp3) is 0.0769. The summed E-state index contributed by atoms with van der Waals surface area (Å²) in [5.74, 6) is 0.513. The minimum atomic E-state index is -0.219. The third-order valence-electron chi connectivity index (χ3n) is 2.76. The molecule has 0 bridgehead atoms. The van der Waals surface area contributed by atoms with Crippen LogP contribution in [0.3, 0.4) is 0 Å². The van der Waals surface area contributed by atoms with Crippen LogP contribution in [0.5, 0.6) is 5.75 Å². The predicted octanol–water partition coefficient (Wildman–Crippen LogP) is 2.20. The molecule has 6 heteroatoms. The summed E-state index contributed by atoms with van der Waals surface area (Å²) >= 11 is 5.87. The lowest BCUT2D eigenvalue weighted by Gasteiger charge is -1.98. The second kappa shape index (κ2) is 4.44. The Morgan fingerprint density at radius 3 is 2.63 bits per heavy atom. The number of pyridine rings is 2. The first-order valence-electron chi connectivity index (χ1n) is 5.47. The van der Waals surface area contributed by atoms with Crippen molar-refractivity contribution in [3.63, 3.8) is 0 Å². The van der Waals surface area contributed by atoms with Gasteiger partial charge in [-0.1, -0.05) is 11.6 Å². The first-order chi connectivity index (χ1) is 9.19. The van der Waals surface area contributed by atoms with Crippen LogP contribution in [-0.4, -0.2) is 22.1 Å². The van der Waals surface area contributed by atoms with E-state index in [1.807, 2.05) is 0 Å². The first kappa shape index (κ1) is 11.8. The van der Waals surface area contributed by atoms with E-state index < -0.39 is 0 Å². The average Bonchev–Trinajstić information content (AvgIpc) is 2.57. The lowest BCUT2D eigenvalue weighted by Crippen LogP contribution is -2.00. The second-order valence-corrected chi connectivity index (χ2v) is 4.36. The van der Waals surface area contributed by atoms with Crippen molar-refractivity contribution in [2.45, 2.75) is 0 Å². The monoisotopic (exact) mass is 273 g/mol. The average molecular weight is 274 g/mol. The molecule has 0 fully saturated rings. The van der Waals surface area contributed by atoms with Gasteiger partial charge in [-0.05, 0) is 12.1 Å². The largest absolute Gasteiger partial charge is 0.495 e. The van der Waals surface area contributed by atoms with Crippen LogP contribution in [0.1, 0.15) is 0 Å². The Bertz CT molecular complexity index is 852. The molecular formula is C13H8ClN3O2. The molecule has 3 aromatic rings. The van der Waals surface area contributed by atoms with Crippen LogP contribution in [0, 0.1) is 0 Å². The molecule has 0 radical (unpaired) electrons. The van der Waals surface area contributed by atoms with Crippen LogP contribution in [-0.2, 0) is 0 Å². The molecule has 0 amide bonds. The van der Waals surface area contributed by atoms with E-state index in [1.54, 1.807) is 12.1 Å². The predicted molar refractivity (Wildman–Crippen MR) is 72.7 cm³/mol. The minimum absolute atomic E-state index is 0.219. The third kappa shape index (κ3) is 1.98. The molecule has 0 saturated heterocycles. The van der Waals surface area contributed by atoms with Crippen LogP contribution in [0.4, 0.5) is 0 Å². The molecule has 19 heavy (non-hydrogen) atoms. The maximum Gasteiger partial charge on any atom is 0.199 e. The van der Waals surface area contributed by atoms with Gasteiger partial charge in [-0.2, -0.15) is 0 Å². The Labute approximate surface area is 112 Å². The van der Waals surface area contributed by atoms with Crippen molar-refractivity contribution >= 4 is 33.5 Å². The highest BCUT2D eigenvalue weighted by atomic mass is 35.5. The maximum atomic E-state index is 12.5. The summed E-state index contributed by atoms with van der Waals surface area (Å²) in [5.41, 5.74) is 0.607. The molecular weight excluding hydrogens is 266 g/mol. The van der Waals surface area contributed by atoms with E-state index in [0.29, 0.717) is 32.7 Å². The quantitative estimate of drug-likeness (QED) is 0.680. The molecule has 3 aromatic heterocycles. The van der Waals surface area contributed by atoms with Gasteiger partial charge in [0.15, 0.2) is 11.1 Å². The van der Waals surface area contributed by atoms with Gasteiger partial charge < -0.3 is 4.74 Å². The Balaban J connectivity index is 2.55. The molecule has 0 aromatic carbocycles. The Morgan fingerprint density at radius 1 is 1.05 bits per heavy atom. The van der Waals surface area contributed by atoms with E-state index in [9.17, 15) is 4.79 Å². The highest BCUT2D eigenvalue weighted by Gasteiger charge is 2.07. The normalized spacial score (nSPS) is 10.8. The third-order valence-corrected chi connectivity index (χ3v) is 2.97. The minimum Gasteiger partial charge on any atom is -0.495 e. The Hall–Kier alpha value is -2.27. The molecule has 0 unspecified atom stereocenters. The van der Waals surface area contributed by atoms with Gasteiger partial charge in [-0.15, -0.1) is 0 Å². The highest BCUT2D eigenvalue weighted by Crippen LogP contribution is 2.17. The zero-order valence-electron chi connectivity index (χ0n) is 9.92. The Morgan fingerprint density at radius 2 is 1.84 bits per heavy atom. The number of nitrogens with zero attached hydrogens (tertiary/aromatic N) is 3. The van der Waals surface area contributed by atoms with Gasteiger partial charge >= 0.3 is 0 Å². The first-order valence-corrected chi connectivity index (χ1v) is 5.85. The van der Waals surface area contributed by atoms with Gasteiger partial charge in [-0.25, -0.2) is 9.97 Å². The summed E-state index contributed by atoms with van der Waals surface area (Å²) in [6.45, 7) is 0. The Kier molecular flexibility index (Phi) is 2.76. The number of hydrogen-bond donors (Lipinski definition) is 0. The van der Waals surface area contributed by atoms with E-state index in [-0.39, 0.29) is 5.43 Å². The molecule has 0 aliphatic heterocycles. The van der Waals surface area contributed by atoms with Crippen LogP contribution >= 0.6 is 11.6 Å². The van der Waals surface area contributed by atoms with Gasteiger partial charge in [0.05, 0.1) is 40.8 Å². The van der Waals surface area contributed by atoms with Crippen LogP contribution in [0.15, 0.2) is 35.5 Å². The highest BCUT2D eigenvalue weighted by molar-refractivity contribution is 6.31. The fourth-order valence-electron chi connectivity index (χ4n) is 1.82. The van der Waals surface area contributed by atoms with Crippen LogP contribution < -0.4 is 10.2 Å². The van der Waals surface area contributed by atoms with Crippen LogP contribution in [0.2, 0.25) is 5.02 Å². The lowest BCUT2D eigenvalue weighted by molar-refractivity contribution is 0.414. The van der Waals surface area contributed by atoms with Crippen molar-refractivity contribution in [1.29, 1.82) is 0 Å². The number of aromatic nitrogens is 3. The number of ether oxygens (including phenoxy) is 1. The van der Waals surface area contributed by atoms with Crippen molar-refractivity contribution < 1.29 is 4.74 Å². The molecule has 0 N–H and O–H groups in total. The number of fused-ring (bicyclic) bond motifs is 2. The molecule has 3 rings (SSSR count). The molecule has 0 atom stereocenters. The van der Waals surface area contributed by atoms with E-state index in [1.165, 1.54) is 25.7 Å². The van der Waals surface area contributed by atoms with Gasteiger partial charge in [0, 0.05) is 6.20 Å². The van der Waals surface area contributed by atoms with Crippen molar-refractivity contribution in [2.75, 3.05) is 7.11 Å². The van der Waals surface area contributed by atoms with Crippen LogP contribution in [0.25, 0.3) is 21.9 Å². The maximum absolute atomic E-state index is 12.5. The topological polar surface area (TPSA) is 65.0 Å². The zero-order chi connectivity index (χ0) is 13.4. The van der Waals surface area contributed by atoms with Gasteiger partial charge in [0.1, 0.15) is 5.75 Å². The van der Waals surface area contributed by atoms with Gasteiger partial charge in [-0.3, -0.25) is 9.78 Å². The molecule has 0 aliphatic rings. The standard InChI is InChI=1S/C13H8ClN3O2/c1-19-8-3-9-11(15-5-8)6-17-13-10(12(9)18)2-7(14)4-16-13/h2-6H,1H3.